The first kappa shape index (κ1) is 9.06. The van der Waals surface area contributed by atoms with Crippen LogP contribution in [0.2, 0.25) is 0 Å². The molecule has 0 spiro atoms. The molecule has 0 aliphatic heterocycles. The van der Waals surface area contributed by atoms with Crippen LogP contribution in [0.15, 0.2) is 6.07 Å². The van der Waals surface area contributed by atoms with E-state index in [0.29, 0.717) is 18.5 Å². The molecule has 0 amide bonds. The summed E-state index contributed by atoms with van der Waals surface area (Å²) in [6.07, 6.45) is 0. The van der Waals surface area contributed by atoms with Gasteiger partial charge in [-0.2, -0.15) is 5.10 Å². The average Bonchev–Trinajstić information content (AvgIpc) is 2.32. The van der Waals surface area contributed by atoms with Crippen LogP contribution in [0.4, 0.5) is 5.82 Å². The van der Waals surface area contributed by atoms with Crippen LogP contribution in [-0.2, 0) is 11.3 Å². The Labute approximate surface area is 72.3 Å². The van der Waals surface area contributed by atoms with E-state index in [4.69, 9.17) is 10.5 Å². The first-order valence-corrected chi connectivity index (χ1v) is 3.98. The molecule has 0 atom stereocenters. The Kier molecular flexibility index (Phi) is 2.70. The fourth-order valence-corrected chi connectivity index (χ4v) is 1.09. The summed E-state index contributed by atoms with van der Waals surface area (Å²) in [5, 5.41) is 4.27. The monoisotopic (exact) mass is 169 g/mol. The maximum absolute atomic E-state index is 5.72. The molecular weight excluding hydrogens is 154 g/mol. The van der Waals surface area contributed by atoms with E-state index in [-0.39, 0.29) is 0 Å². The lowest BCUT2D eigenvalue weighted by molar-refractivity contribution is 0.180. The van der Waals surface area contributed by atoms with Gasteiger partial charge in [0.1, 0.15) is 5.82 Å². The molecule has 4 nitrogen and oxygen atoms in total. The number of hydrogen-bond donors (Lipinski definition) is 1. The van der Waals surface area contributed by atoms with Crippen molar-refractivity contribution in [2.75, 3.05) is 12.8 Å². The number of aromatic nitrogens is 2. The van der Waals surface area contributed by atoms with Crippen molar-refractivity contribution in [3.8, 4) is 0 Å². The molecule has 12 heavy (non-hydrogen) atoms. The summed E-state index contributed by atoms with van der Waals surface area (Å²) in [6.45, 7) is 4.60. The number of rotatable bonds is 3. The highest BCUT2D eigenvalue weighted by Gasteiger charge is 2.06. The van der Waals surface area contributed by atoms with E-state index in [1.807, 2.05) is 19.9 Å². The molecule has 0 saturated carbocycles. The topological polar surface area (TPSA) is 53.1 Å². The Morgan fingerprint density at radius 3 is 2.75 bits per heavy atom. The van der Waals surface area contributed by atoms with E-state index < -0.39 is 0 Å². The van der Waals surface area contributed by atoms with Crippen LogP contribution in [0, 0.1) is 0 Å². The Morgan fingerprint density at radius 1 is 1.67 bits per heavy atom. The predicted molar refractivity (Wildman–Crippen MR) is 47.7 cm³/mol. The second-order valence-electron chi connectivity index (χ2n) is 3.03. The lowest BCUT2D eigenvalue weighted by Crippen LogP contribution is -2.06. The minimum absolute atomic E-state index is 0.301. The maximum Gasteiger partial charge on any atom is 0.122 e. The van der Waals surface area contributed by atoms with Gasteiger partial charge < -0.3 is 10.5 Å². The molecule has 1 rings (SSSR count). The van der Waals surface area contributed by atoms with Crippen molar-refractivity contribution >= 4 is 5.82 Å². The number of anilines is 1. The van der Waals surface area contributed by atoms with E-state index >= 15 is 0 Å². The zero-order valence-electron chi connectivity index (χ0n) is 7.74. The van der Waals surface area contributed by atoms with Gasteiger partial charge in [0.2, 0.25) is 0 Å². The van der Waals surface area contributed by atoms with Crippen LogP contribution >= 0.6 is 0 Å². The largest absolute Gasteiger partial charge is 0.384 e. The van der Waals surface area contributed by atoms with E-state index in [9.17, 15) is 0 Å². The molecule has 1 aromatic heterocycles. The highest BCUT2D eigenvalue weighted by molar-refractivity contribution is 5.31. The van der Waals surface area contributed by atoms with E-state index in [1.165, 1.54) is 0 Å². The van der Waals surface area contributed by atoms with Gasteiger partial charge in [-0.15, -0.1) is 0 Å². The second kappa shape index (κ2) is 3.58. The first-order chi connectivity index (χ1) is 5.65. The van der Waals surface area contributed by atoms with Gasteiger partial charge in [-0.25, -0.2) is 4.68 Å². The number of nitrogens with zero attached hydrogens (tertiary/aromatic N) is 2. The van der Waals surface area contributed by atoms with Crippen molar-refractivity contribution in [2.24, 2.45) is 0 Å². The van der Waals surface area contributed by atoms with Gasteiger partial charge in [0, 0.05) is 19.2 Å². The van der Waals surface area contributed by atoms with Crippen molar-refractivity contribution < 1.29 is 4.74 Å². The van der Waals surface area contributed by atoms with Crippen LogP contribution in [-0.4, -0.2) is 16.9 Å². The van der Waals surface area contributed by atoms with Gasteiger partial charge in [0.15, 0.2) is 0 Å². The molecule has 0 saturated heterocycles. The SMILES string of the molecule is COCc1cc(N)n(C(C)C)n1. The fraction of sp³-hybridized carbons (Fsp3) is 0.625. The second-order valence-corrected chi connectivity index (χ2v) is 3.03. The highest BCUT2D eigenvalue weighted by Crippen LogP contribution is 2.12. The highest BCUT2D eigenvalue weighted by atomic mass is 16.5. The summed E-state index contributed by atoms with van der Waals surface area (Å²) in [4.78, 5) is 0. The van der Waals surface area contributed by atoms with Gasteiger partial charge in [-0.05, 0) is 13.8 Å². The van der Waals surface area contributed by atoms with Gasteiger partial charge in [-0.3, -0.25) is 0 Å². The number of nitrogens with two attached hydrogens (primary N) is 1. The first-order valence-electron chi connectivity index (χ1n) is 3.98. The maximum atomic E-state index is 5.72. The van der Waals surface area contributed by atoms with E-state index in [0.717, 1.165) is 5.69 Å². The van der Waals surface area contributed by atoms with E-state index in [2.05, 4.69) is 5.10 Å². The zero-order chi connectivity index (χ0) is 9.14. The Hall–Kier alpha value is -1.03. The summed E-state index contributed by atoms with van der Waals surface area (Å²) in [6, 6.07) is 2.14. The Morgan fingerprint density at radius 2 is 2.33 bits per heavy atom. The van der Waals surface area contributed by atoms with Crippen LogP contribution in [0.1, 0.15) is 25.6 Å². The Bertz CT molecular complexity index is 255. The van der Waals surface area contributed by atoms with Crippen molar-refractivity contribution in [1.29, 1.82) is 0 Å². The molecule has 2 N–H and O–H groups in total. The van der Waals surface area contributed by atoms with Gasteiger partial charge >= 0.3 is 0 Å². The number of hydrogen-bond acceptors (Lipinski definition) is 3. The molecule has 4 heteroatoms. The van der Waals surface area contributed by atoms with Crippen LogP contribution in [0.25, 0.3) is 0 Å². The third-order valence-corrected chi connectivity index (χ3v) is 1.60. The lowest BCUT2D eigenvalue weighted by Gasteiger charge is -2.06. The molecule has 0 aliphatic rings. The predicted octanol–water partition coefficient (Wildman–Crippen LogP) is 1.19. The molecule has 0 aliphatic carbocycles. The number of methoxy groups -OCH3 is 1. The Balaban J connectivity index is 2.85. The molecule has 1 heterocycles. The molecule has 0 aromatic carbocycles. The van der Waals surface area contributed by atoms with Crippen molar-refractivity contribution in [3.05, 3.63) is 11.8 Å². The van der Waals surface area contributed by atoms with Crippen molar-refractivity contribution in [1.82, 2.24) is 9.78 Å². The summed E-state index contributed by atoms with van der Waals surface area (Å²) in [5.41, 5.74) is 6.60. The van der Waals surface area contributed by atoms with Gasteiger partial charge in [-0.1, -0.05) is 0 Å². The molecule has 0 bridgehead atoms. The standard InChI is InChI=1S/C8H15N3O/c1-6(2)11-8(9)4-7(10-11)5-12-3/h4,6H,5,9H2,1-3H3. The summed E-state index contributed by atoms with van der Waals surface area (Å²) >= 11 is 0. The lowest BCUT2D eigenvalue weighted by atomic mass is 10.4. The molecule has 0 unspecified atom stereocenters. The minimum atomic E-state index is 0.301. The number of ether oxygens (including phenoxy) is 1. The number of nitrogen functional groups attached to an aromatic ring is 1. The summed E-state index contributed by atoms with van der Waals surface area (Å²) < 4.78 is 6.73. The van der Waals surface area contributed by atoms with Gasteiger partial charge in [0.05, 0.1) is 12.3 Å². The van der Waals surface area contributed by atoms with Crippen molar-refractivity contribution in [3.63, 3.8) is 0 Å². The smallest absolute Gasteiger partial charge is 0.122 e. The molecule has 0 fully saturated rings. The summed E-state index contributed by atoms with van der Waals surface area (Å²) in [7, 11) is 1.64. The molecule has 68 valence electrons. The van der Waals surface area contributed by atoms with Crippen LogP contribution in [0.3, 0.4) is 0 Å². The normalized spacial score (nSPS) is 11.0. The quantitative estimate of drug-likeness (QED) is 0.739. The van der Waals surface area contributed by atoms with Crippen LogP contribution in [0.5, 0.6) is 0 Å². The molecule has 1 aromatic rings. The molecule has 0 radical (unpaired) electrons. The summed E-state index contributed by atoms with van der Waals surface area (Å²) in [5.74, 6) is 0.692. The zero-order valence-corrected chi connectivity index (χ0v) is 7.74. The van der Waals surface area contributed by atoms with Gasteiger partial charge in [0.25, 0.3) is 0 Å². The fourth-order valence-electron chi connectivity index (χ4n) is 1.09. The average molecular weight is 169 g/mol. The van der Waals surface area contributed by atoms with Crippen molar-refractivity contribution in [2.45, 2.75) is 26.5 Å². The molecular formula is C8H15N3O. The third kappa shape index (κ3) is 1.76. The third-order valence-electron chi connectivity index (χ3n) is 1.60. The van der Waals surface area contributed by atoms with E-state index in [1.54, 1.807) is 11.8 Å². The van der Waals surface area contributed by atoms with Crippen LogP contribution < -0.4 is 5.73 Å². The minimum Gasteiger partial charge on any atom is -0.384 e.